The van der Waals surface area contributed by atoms with Crippen LogP contribution >= 0.6 is 0 Å². The van der Waals surface area contributed by atoms with Gasteiger partial charge in [-0.15, -0.1) is 0 Å². The molecule has 1 aromatic rings. The number of fused-ring (bicyclic) bond motifs is 1. The third-order valence-corrected chi connectivity index (χ3v) is 5.68. The fourth-order valence-corrected chi connectivity index (χ4v) is 3.78. The molecule has 0 atom stereocenters. The molecule has 0 unspecified atom stereocenters. The van der Waals surface area contributed by atoms with E-state index in [1.165, 1.54) is 16.1 Å². The number of hydrogen-bond donors (Lipinski definition) is 0. The summed E-state index contributed by atoms with van der Waals surface area (Å²) in [5, 5.41) is 0. The monoisotopic (exact) mass is 349 g/mol. The summed E-state index contributed by atoms with van der Waals surface area (Å²) in [6.45, 7) is 6.82. The molecule has 0 radical (unpaired) electrons. The second-order valence-corrected chi connectivity index (χ2v) is 8.63. The lowest BCUT2D eigenvalue weighted by Crippen LogP contribution is -2.32. The van der Waals surface area contributed by atoms with Crippen molar-refractivity contribution in [2.45, 2.75) is 26.9 Å². The molecule has 24 heavy (non-hydrogen) atoms. The summed E-state index contributed by atoms with van der Waals surface area (Å²) in [4.78, 5) is 16.1. The van der Waals surface area contributed by atoms with Gasteiger partial charge in [0.05, 0.1) is 6.26 Å². The van der Waals surface area contributed by atoms with E-state index in [4.69, 9.17) is 0 Å². The van der Waals surface area contributed by atoms with E-state index in [1.54, 1.807) is 4.90 Å². The summed E-state index contributed by atoms with van der Waals surface area (Å²) in [5.74, 6) is 0. The van der Waals surface area contributed by atoms with Crippen LogP contribution in [0, 0.1) is 0 Å². The number of sulfonamides is 1. The van der Waals surface area contributed by atoms with Crippen LogP contribution in [0.15, 0.2) is 29.8 Å². The Balaban J connectivity index is 1.76. The largest absolute Gasteiger partial charge is 0.324 e. The topological polar surface area (TPSA) is 60.9 Å². The Morgan fingerprint density at radius 3 is 2.54 bits per heavy atom. The second kappa shape index (κ2) is 6.22. The van der Waals surface area contributed by atoms with Crippen LogP contribution in [0.1, 0.15) is 25.0 Å². The van der Waals surface area contributed by atoms with Crippen molar-refractivity contribution in [2.24, 2.45) is 0 Å². The van der Waals surface area contributed by atoms with Crippen LogP contribution in [0.3, 0.4) is 0 Å². The third-order valence-electron chi connectivity index (χ3n) is 4.48. The Morgan fingerprint density at radius 1 is 1.17 bits per heavy atom. The van der Waals surface area contributed by atoms with Crippen LogP contribution in [0.2, 0.25) is 0 Å². The summed E-state index contributed by atoms with van der Waals surface area (Å²) < 4.78 is 24.9. The van der Waals surface area contributed by atoms with E-state index in [0.717, 1.165) is 16.8 Å². The number of carbonyl (C=O) groups is 1. The Kier molecular flexibility index (Phi) is 4.40. The van der Waals surface area contributed by atoms with Crippen molar-refractivity contribution in [1.29, 1.82) is 0 Å². The van der Waals surface area contributed by atoms with Crippen LogP contribution in [0.25, 0.3) is 0 Å². The molecule has 1 fully saturated rings. The molecule has 6 nitrogen and oxygen atoms in total. The molecule has 1 aromatic carbocycles. The Labute approximate surface area is 143 Å². The number of anilines is 1. The molecule has 130 valence electrons. The van der Waals surface area contributed by atoms with Gasteiger partial charge in [-0.05, 0) is 37.1 Å². The average Bonchev–Trinajstić information content (AvgIpc) is 3.07. The van der Waals surface area contributed by atoms with Gasteiger partial charge >= 0.3 is 6.03 Å². The zero-order valence-corrected chi connectivity index (χ0v) is 15.1. The number of urea groups is 1. The summed E-state index contributed by atoms with van der Waals surface area (Å²) in [6.07, 6.45) is 3.28. The molecule has 2 amide bonds. The van der Waals surface area contributed by atoms with E-state index in [-0.39, 0.29) is 6.03 Å². The molecule has 0 aliphatic carbocycles. The first-order valence-electron chi connectivity index (χ1n) is 8.02. The van der Waals surface area contributed by atoms with Crippen LogP contribution < -0.4 is 4.90 Å². The van der Waals surface area contributed by atoms with E-state index >= 15 is 0 Å². The van der Waals surface area contributed by atoms with E-state index in [0.29, 0.717) is 32.7 Å². The smallest absolute Gasteiger partial charge is 0.319 e. The SMILES string of the molecule is CC(C)=CCN1CCN(c2ccc3c(c2)CN(S(C)(=O)=O)C3)C1=O. The number of nitrogens with zero attached hydrogens (tertiary/aromatic N) is 3. The second-order valence-electron chi connectivity index (χ2n) is 6.65. The van der Waals surface area contributed by atoms with Crippen molar-refractivity contribution < 1.29 is 13.2 Å². The van der Waals surface area contributed by atoms with Gasteiger partial charge in [0.25, 0.3) is 0 Å². The molecule has 2 heterocycles. The zero-order chi connectivity index (χ0) is 17.5. The highest BCUT2D eigenvalue weighted by atomic mass is 32.2. The van der Waals surface area contributed by atoms with Crippen molar-refractivity contribution >= 4 is 21.7 Å². The van der Waals surface area contributed by atoms with Gasteiger partial charge in [-0.25, -0.2) is 13.2 Å². The standard InChI is InChI=1S/C17H23N3O3S/c1-13(2)6-7-18-8-9-20(17(18)21)16-5-4-14-11-19(24(3,22)23)12-15(14)10-16/h4-6,10H,7-9,11-12H2,1-3H3. The van der Waals surface area contributed by atoms with Crippen LogP contribution in [0.4, 0.5) is 10.5 Å². The first-order chi connectivity index (χ1) is 11.3. The van der Waals surface area contributed by atoms with Crippen LogP contribution in [-0.2, 0) is 23.1 Å². The lowest BCUT2D eigenvalue weighted by atomic mass is 10.1. The van der Waals surface area contributed by atoms with Gasteiger partial charge in [-0.2, -0.15) is 4.31 Å². The molecule has 1 saturated heterocycles. The van der Waals surface area contributed by atoms with E-state index < -0.39 is 10.0 Å². The quantitative estimate of drug-likeness (QED) is 0.783. The first-order valence-corrected chi connectivity index (χ1v) is 9.87. The van der Waals surface area contributed by atoms with Crippen molar-refractivity contribution in [2.75, 3.05) is 30.8 Å². The molecular weight excluding hydrogens is 326 g/mol. The van der Waals surface area contributed by atoms with Gasteiger partial charge in [0.2, 0.25) is 10.0 Å². The lowest BCUT2D eigenvalue weighted by molar-refractivity contribution is 0.225. The molecule has 0 bridgehead atoms. The summed E-state index contributed by atoms with van der Waals surface area (Å²) in [6, 6.07) is 5.79. The number of hydrogen-bond acceptors (Lipinski definition) is 3. The fraction of sp³-hybridized carbons (Fsp3) is 0.471. The Morgan fingerprint density at radius 2 is 1.88 bits per heavy atom. The minimum absolute atomic E-state index is 0.00501. The fourth-order valence-electron chi connectivity index (χ4n) is 3.04. The number of rotatable bonds is 4. The van der Waals surface area contributed by atoms with Gasteiger partial charge in [0.1, 0.15) is 0 Å². The predicted molar refractivity (Wildman–Crippen MR) is 94.3 cm³/mol. The Bertz CT molecular complexity index is 797. The maximum Gasteiger partial charge on any atom is 0.324 e. The number of benzene rings is 1. The maximum atomic E-state index is 12.6. The van der Waals surface area contributed by atoms with Crippen molar-refractivity contribution in [3.05, 3.63) is 41.0 Å². The van der Waals surface area contributed by atoms with Crippen molar-refractivity contribution in [3.8, 4) is 0 Å². The highest BCUT2D eigenvalue weighted by Gasteiger charge is 2.31. The van der Waals surface area contributed by atoms with Gasteiger partial charge in [0.15, 0.2) is 0 Å². The molecule has 2 aliphatic heterocycles. The molecule has 2 aliphatic rings. The minimum atomic E-state index is -3.20. The average molecular weight is 349 g/mol. The third kappa shape index (κ3) is 3.32. The molecule has 0 aromatic heterocycles. The highest BCUT2D eigenvalue weighted by molar-refractivity contribution is 7.88. The molecule has 0 saturated carbocycles. The van der Waals surface area contributed by atoms with Crippen LogP contribution in [0.5, 0.6) is 0 Å². The minimum Gasteiger partial charge on any atom is -0.319 e. The normalized spacial score (nSPS) is 18.2. The van der Waals surface area contributed by atoms with Gasteiger partial charge in [-0.3, -0.25) is 4.90 Å². The number of amides is 2. The van der Waals surface area contributed by atoms with Gasteiger partial charge in [-0.1, -0.05) is 17.7 Å². The van der Waals surface area contributed by atoms with Crippen molar-refractivity contribution in [1.82, 2.24) is 9.21 Å². The van der Waals surface area contributed by atoms with Gasteiger partial charge in [0, 0.05) is 38.4 Å². The molecule has 7 heteroatoms. The Hall–Kier alpha value is -1.86. The number of carbonyl (C=O) groups excluding carboxylic acids is 1. The van der Waals surface area contributed by atoms with E-state index in [2.05, 4.69) is 0 Å². The van der Waals surface area contributed by atoms with Gasteiger partial charge < -0.3 is 4.90 Å². The summed E-state index contributed by atoms with van der Waals surface area (Å²) >= 11 is 0. The van der Waals surface area contributed by atoms with E-state index in [9.17, 15) is 13.2 Å². The van der Waals surface area contributed by atoms with Crippen LogP contribution in [-0.4, -0.2) is 49.5 Å². The molecule has 0 spiro atoms. The van der Waals surface area contributed by atoms with Crippen molar-refractivity contribution in [3.63, 3.8) is 0 Å². The summed E-state index contributed by atoms with van der Waals surface area (Å²) in [5.41, 5.74) is 4.03. The van der Waals surface area contributed by atoms with E-state index in [1.807, 2.05) is 43.0 Å². The molecule has 3 rings (SSSR count). The summed E-state index contributed by atoms with van der Waals surface area (Å²) in [7, 11) is -3.20. The predicted octanol–water partition coefficient (Wildman–Crippen LogP) is 2.17. The highest BCUT2D eigenvalue weighted by Crippen LogP contribution is 2.30. The molecule has 0 N–H and O–H groups in total. The number of allylic oxidation sites excluding steroid dienone is 1. The first kappa shape index (κ1) is 17.0. The zero-order valence-electron chi connectivity index (χ0n) is 14.3. The maximum absolute atomic E-state index is 12.6. The lowest BCUT2D eigenvalue weighted by Gasteiger charge is -2.18. The molecular formula is C17H23N3O3S.